The lowest BCUT2D eigenvalue weighted by Crippen LogP contribution is -3.00. The lowest BCUT2D eigenvalue weighted by Gasteiger charge is -2.31. The molecule has 0 saturated carbocycles. The van der Waals surface area contributed by atoms with E-state index in [4.69, 9.17) is 28.3 Å². The summed E-state index contributed by atoms with van der Waals surface area (Å²) in [6.07, 6.45) is 1.58. The van der Waals surface area contributed by atoms with Crippen LogP contribution in [0, 0.1) is 0 Å². The van der Waals surface area contributed by atoms with Crippen molar-refractivity contribution in [3.05, 3.63) is 160 Å². The molecule has 0 unspecified atom stereocenters. The third-order valence-electron chi connectivity index (χ3n) is 18.8. The third-order valence-corrected chi connectivity index (χ3v) is 18.8. The summed E-state index contributed by atoms with van der Waals surface area (Å²) in [6.45, 7) is 17.5. The monoisotopic (exact) mass is 1480 g/mol. The fourth-order valence-corrected chi connectivity index (χ4v) is 13.3. The Kier molecular flexibility index (Phi) is 23.6. The summed E-state index contributed by atoms with van der Waals surface area (Å²) in [7, 11) is 0. The molecule has 9 amide bonds. The van der Waals surface area contributed by atoms with E-state index in [0.29, 0.717) is 95.8 Å². The summed E-state index contributed by atoms with van der Waals surface area (Å²) in [5, 5.41) is 9.44. The molecule has 14 rings (SSSR count). The van der Waals surface area contributed by atoms with E-state index in [9.17, 15) is 57.5 Å². The molecule has 7 heterocycles. The van der Waals surface area contributed by atoms with Gasteiger partial charge in [-0.05, 0) is 113 Å². The molecule has 3 fully saturated rings. The van der Waals surface area contributed by atoms with Gasteiger partial charge in [0.25, 0.3) is 47.3 Å². The molecule has 0 radical (unpaired) electrons. The van der Waals surface area contributed by atoms with Crippen LogP contribution in [-0.2, 0) is 54.5 Å². The van der Waals surface area contributed by atoms with E-state index in [1.54, 1.807) is 66.7 Å². The van der Waals surface area contributed by atoms with Crippen molar-refractivity contribution in [2.45, 2.75) is 112 Å². The zero-order chi connectivity index (χ0) is 75.0. The number of benzene rings is 7. The Hall–Kier alpha value is -12.2. The largest absolute Gasteiger partial charge is 1.00 e. The molecule has 1 N–H and O–H groups in total. The summed E-state index contributed by atoms with van der Waals surface area (Å²) < 4.78 is 15.2. The minimum Gasteiger partial charge on any atom is -1.00 e. The predicted molar refractivity (Wildman–Crippen MR) is 390 cm³/mol. The number of nitrogens with zero attached hydrogens (tertiary/aromatic N) is 10. The Morgan fingerprint density at radius 2 is 1.17 bits per heavy atom. The predicted octanol–water partition coefficient (Wildman–Crippen LogP) is 7.39. The Bertz CT molecular complexity index is 5260. The lowest BCUT2D eigenvalue weighted by molar-refractivity contribution is -0.197. The van der Waals surface area contributed by atoms with Crippen LogP contribution in [0.25, 0.3) is 77.5 Å². The number of carbonyl (C=O) groups is 11. The molecule has 107 heavy (non-hydrogen) atoms. The van der Waals surface area contributed by atoms with E-state index < -0.39 is 59.2 Å². The molecule has 28 nitrogen and oxygen atoms in total. The fraction of sp³-hybridized carbons (Fsp3) is 0.321. The van der Waals surface area contributed by atoms with Crippen LogP contribution in [-0.4, -0.2) is 152 Å². The third kappa shape index (κ3) is 15.8. The molecule has 0 spiro atoms. The highest BCUT2D eigenvalue weighted by Gasteiger charge is 2.38. The standard InChI is InChI=1S/C27H32N4O6.C26H24N3O5.C25H22N4O6.ClH/c1-3-5-15-29(17-14-28-27(36)37-31-22(32)12-13-23(31)33)21-11-10-20-24-18(21)8-7-9-19(24)25(34)30(26(20)35)16-6-4-2;1-3-28(4-2)20-15-22-26(18-8-6-5-7-17(18)20)27-19-10-9-16(13-21(19)33-22)14-25(32)34-29-23(30)11-12-24(29)31;1-3-27(4-2)16-10-9-15-13-17(24(32)34-20(15)14-16)23-26-18-7-5-6-8-19(18)28(23)25(33)35-29-21(30)11-12-22(29)31;/h7-11H,3-6,12-17H2,1-2H3,(H,28,36);5-10,13,15H,3-4,11-12,14H2,1-2H3;5-10,13-14H,3-4,11-12H2,1-2H3;1H/q;+1;;/p-1. The second kappa shape index (κ2) is 33.3. The van der Waals surface area contributed by atoms with Gasteiger partial charge in [0.15, 0.2) is 17.2 Å². The quantitative estimate of drug-likeness (QED) is 0.0241. The van der Waals surface area contributed by atoms with Crippen molar-refractivity contribution >= 4 is 131 Å². The summed E-state index contributed by atoms with van der Waals surface area (Å²) in [5.74, 6) is -3.89. The van der Waals surface area contributed by atoms with Crippen molar-refractivity contribution in [1.82, 2.24) is 44.5 Å². The minimum atomic E-state index is -1.03. The molecular weight excluding hydrogens is 1400 g/mol. The van der Waals surface area contributed by atoms with Gasteiger partial charge in [-0.25, -0.2) is 38.3 Å². The summed E-state index contributed by atoms with van der Waals surface area (Å²) in [4.78, 5) is 178. The molecule has 0 atom stereocenters. The van der Waals surface area contributed by atoms with Gasteiger partial charge in [-0.1, -0.05) is 75.2 Å². The Morgan fingerprint density at radius 1 is 0.551 bits per heavy atom. The Morgan fingerprint density at radius 3 is 1.82 bits per heavy atom. The van der Waals surface area contributed by atoms with E-state index in [1.165, 1.54) is 4.90 Å². The van der Waals surface area contributed by atoms with Crippen LogP contribution in [0.15, 0.2) is 141 Å². The topological polar surface area (TPSA) is 324 Å². The van der Waals surface area contributed by atoms with Gasteiger partial charge in [-0.2, -0.15) is 0 Å². The number of nitrogens with one attached hydrogen (secondary N) is 1. The van der Waals surface area contributed by atoms with Crippen molar-refractivity contribution in [1.29, 1.82) is 0 Å². The number of aromatic nitrogens is 3. The second-order valence-corrected chi connectivity index (χ2v) is 25.4. The molecule has 554 valence electrons. The first-order chi connectivity index (χ1) is 51.2. The van der Waals surface area contributed by atoms with Gasteiger partial charge in [0.2, 0.25) is 5.36 Å². The fourth-order valence-electron chi connectivity index (χ4n) is 13.3. The number of para-hydroxylation sites is 2. The maximum atomic E-state index is 13.2. The van der Waals surface area contributed by atoms with Gasteiger partial charge >= 0.3 is 23.8 Å². The molecule has 6 aromatic carbocycles. The van der Waals surface area contributed by atoms with Gasteiger partial charge in [0, 0.05) is 128 Å². The highest BCUT2D eigenvalue weighted by Crippen LogP contribution is 2.38. The van der Waals surface area contributed by atoms with Gasteiger partial charge < -0.3 is 50.9 Å². The molecule has 2 aromatic heterocycles. The normalized spacial score (nSPS) is 14.1. The number of imidazole rings is 1. The van der Waals surface area contributed by atoms with Crippen molar-refractivity contribution in [3.63, 3.8) is 0 Å². The van der Waals surface area contributed by atoms with Gasteiger partial charge in [-0.3, -0.25) is 43.3 Å². The van der Waals surface area contributed by atoms with Gasteiger partial charge in [0.05, 0.1) is 28.9 Å². The first kappa shape index (κ1) is 75.9. The van der Waals surface area contributed by atoms with Crippen LogP contribution < -0.4 is 43.1 Å². The molecule has 5 aliphatic heterocycles. The average molecular weight is 1480 g/mol. The molecular formula is C78H78ClN11O17. The number of carbonyl (C=O) groups excluding carboxylic acids is 11. The highest BCUT2D eigenvalue weighted by atomic mass is 35.5. The number of unbranched alkanes of at least 4 members (excludes halogenated alkanes) is 2. The number of hydrogen-bond donors (Lipinski definition) is 1. The van der Waals surface area contributed by atoms with Crippen LogP contribution in [0.2, 0.25) is 0 Å². The zero-order valence-electron chi connectivity index (χ0n) is 59.8. The first-order valence-electron chi connectivity index (χ1n) is 35.5. The lowest BCUT2D eigenvalue weighted by atomic mass is 9.92. The van der Waals surface area contributed by atoms with E-state index >= 15 is 0 Å². The van der Waals surface area contributed by atoms with Crippen molar-refractivity contribution < 1.29 is 88.5 Å². The number of halogens is 1. The second-order valence-electron chi connectivity index (χ2n) is 25.4. The van der Waals surface area contributed by atoms with Crippen LogP contribution >= 0.6 is 0 Å². The van der Waals surface area contributed by atoms with E-state index in [-0.39, 0.29) is 87.1 Å². The number of hydrogen-bond acceptors (Lipinski definition) is 21. The van der Waals surface area contributed by atoms with Crippen LogP contribution in [0.1, 0.15) is 132 Å². The number of fused-ring (bicyclic) bond motifs is 6. The van der Waals surface area contributed by atoms with E-state index in [0.717, 1.165) is 95.0 Å². The van der Waals surface area contributed by atoms with Crippen molar-refractivity contribution in [3.8, 4) is 22.8 Å². The van der Waals surface area contributed by atoms with Gasteiger partial charge in [-0.15, -0.1) is 15.2 Å². The smallest absolute Gasteiger partial charge is 0.445 e. The molecule has 8 aromatic rings. The Labute approximate surface area is 618 Å². The van der Waals surface area contributed by atoms with Crippen LogP contribution in [0.4, 0.5) is 21.0 Å². The number of anilines is 2. The summed E-state index contributed by atoms with van der Waals surface area (Å²) in [6, 6.07) is 38.5. The first-order valence-corrected chi connectivity index (χ1v) is 35.5. The van der Waals surface area contributed by atoms with E-state index in [2.05, 4.69) is 51.5 Å². The maximum absolute atomic E-state index is 13.2. The highest BCUT2D eigenvalue weighted by molar-refractivity contribution is 6.27. The SMILES string of the molecule is CCCCN1C(=O)c2cccc3c(N(CCCC)CCNC(=O)ON4C(=O)CCC4=O)ccc(c23)C1=O.CCN(CC)c1ccc2cc(-c3nc4ccccc4n3C(=O)ON3C(=O)CCC3=O)c(=O)oc2c1.CC[N+](CC)=c1cc2oc3cc(CC(=O)ON4C(=O)CCC4=O)ccc3nc-2c2ccccc12.[Cl-]. The van der Waals surface area contributed by atoms with E-state index in [1.807, 2.05) is 75.4 Å². The van der Waals surface area contributed by atoms with Crippen LogP contribution in [0.3, 0.4) is 0 Å². The maximum Gasteiger partial charge on any atom is 0.445 e. The van der Waals surface area contributed by atoms with Crippen molar-refractivity contribution in [2.75, 3.05) is 62.2 Å². The summed E-state index contributed by atoms with van der Waals surface area (Å²) in [5.41, 5.74) is 5.95. The molecule has 0 bridgehead atoms. The average Bonchev–Trinajstić information content (AvgIpc) is 0.951. The number of imide groups is 4. The molecule has 29 heteroatoms. The number of rotatable bonds is 21. The number of hydroxylamine groups is 6. The molecule has 3 saturated heterocycles. The zero-order valence-corrected chi connectivity index (χ0v) is 60.6. The molecule has 1 aliphatic carbocycles. The van der Waals surface area contributed by atoms with Crippen molar-refractivity contribution in [2.24, 2.45) is 0 Å². The van der Waals surface area contributed by atoms with Gasteiger partial charge in [0.1, 0.15) is 35.4 Å². The number of amides is 9. The van der Waals surface area contributed by atoms with Crippen LogP contribution in [0.5, 0.6) is 0 Å². The minimum absolute atomic E-state index is 0. The Balaban J connectivity index is 0.000000159. The summed E-state index contributed by atoms with van der Waals surface area (Å²) >= 11 is 0. The molecule has 6 aliphatic rings.